The number of aliphatic carboxylic acids is 1. The summed E-state index contributed by atoms with van der Waals surface area (Å²) >= 11 is 0. The van der Waals surface area contributed by atoms with Crippen LogP contribution >= 0.6 is 0 Å². The van der Waals surface area contributed by atoms with Gasteiger partial charge in [0.2, 0.25) is 5.82 Å². The predicted molar refractivity (Wildman–Crippen MR) is 112 cm³/mol. The van der Waals surface area contributed by atoms with E-state index in [1.54, 1.807) is 20.8 Å². The van der Waals surface area contributed by atoms with Gasteiger partial charge in [-0.3, -0.25) is 13.9 Å². The molecule has 2 N–H and O–H groups in total. The van der Waals surface area contributed by atoms with Gasteiger partial charge in [-0.2, -0.15) is 4.39 Å². The van der Waals surface area contributed by atoms with E-state index < -0.39 is 47.3 Å². The van der Waals surface area contributed by atoms with E-state index in [1.165, 1.54) is 0 Å². The van der Waals surface area contributed by atoms with E-state index in [2.05, 4.69) is 5.32 Å². The van der Waals surface area contributed by atoms with Crippen molar-refractivity contribution in [1.29, 1.82) is 0 Å². The van der Waals surface area contributed by atoms with Crippen LogP contribution in [0, 0.1) is 5.82 Å². The molecule has 0 spiro atoms. The van der Waals surface area contributed by atoms with E-state index in [-0.39, 0.29) is 19.8 Å². The van der Waals surface area contributed by atoms with Crippen LogP contribution in [-0.4, -0.2) is 37.9 Å². The SMILES string of the molecule is CC(C)(C)OC(=O)NC(CCn1c(=O)c(F)cn(COCc2ccccc2)c1=O)C(=O)O. The third-order valence-electron chi connectivity index (χ3n) is 4.17. The smallest absolute Gasteiger partial charge is 0.408 e. The number of carboxylic acid groups (broad SMARTS) is 1. The van der Waals surface area contributed by atoms with Crippen molar-refractivity contribution >= 4 is 12.1 Å². The number of benzene rings is 1. The molecule has 0 radical (unpaired) electrons. The van der Waals surface area contributed by atoms with E-state index in [1.807, 2.05) is 30.3 Å². The number of rotatable bonds is 9. The molecule has 0 saturated carbocycles. The van der Waals surface area contributed by atoms with Gasteiger partial charge in [-0.25, -0.2) is 14.4 Å². The molecule has 10 nitrogen and oxygen atoms in total. The standard InChI is InChI=1S/C21H26FN3O7/c1-21(2,3)32-19(29)23-16(18(27)28)9-10-25-17(26)15(22)11-24(20(25)30)13-31-12-14-7-5-4-6-8-14/h4-8,11,16H,9-10,12-13H2,1-3H3,(H,23,29)(H,27,28). The van der Waals surface area contributed by atoms with E-state index in [9.17, 15) is 28.7 Å². The number of carboxylic acids is 1. The Morgan fingerprint density at radius 1 is 1.19 bits per heavy atom. The summed E-state index contributed by atoms with van der Waals surface area (Å²) in [6, 6.07) is 7.63. The zero-order chi connectivity index (χ0) is 23.9. The highest BCUT2D eigenvalue weighted by Gasteiger charge is 2.24. The van der Waals surface area contributed by atoms with Gasteiger partial charge in [0.15, 0.2) is 0 Å². The minimum atomic E-state index is -1.46. The molecule has 1 unspecified atom stereocenters. The fourth-order valence-corrected chi connectivity index (χ4v) is 2.71. The summed E-state index contributed by atoms with van der Waals surface area (Å²) in [6.07, 6.45) is -0.583. The minimum Gasteiger partial charge on any atom is -0.480 e. The van der Waals surface area contributed by atoms with Crippen molar-refractivity contribution in [2.24, 2.45) is 0 Å². The molecule has 2 rings (SSSR count). The van der Waals surface area contributed by atoms with Gasteiger partial charge in [0.25, 0.3) is 5.56 Å². The normalized spacial score (nSPS) is 12.2. The molecule has 2 aromatic rings. The summed E-state index contributed by atoms with van der Waals surface area (Å²) in [7, 11) is 0. The monoisotopic (exact) mass is 451 g/mol. The van der Waals surface area contributed by atoms with Crippen LogP contribution < -0.4 is 16.6 Å². The van der Waals surface area contributed by atoms with Crippen molar-refractivity contribution in [3.05, 3.63) is 68.7 Å². The van der Waals surface area contributed by atoms with Gasteiger partial charge in [-0.1, -0.05) is 30.3 Å². The Balaban J connectivity index is 2.10. The van der Waals surface area contributed by atoms with Gasteiger partial charge in [0.05, 0.1) is 12.8 Å². The number of hydrogen-bond acceptors (Lipinski definition) is 6. The largest absolute Gasteiger partial charge is 0.480 e. The third kappa shape index (κ3) is 7.34. The molecule has 1 aromatic carbocycles. The fraction of sp³-hybridized carbons (Fsp3) is 0.429. The van der Waals surface area contributed by atoms with Crippen molar-refractivity contribution in [3.8, 4) is 0 Å². The number of ether oxygens (including phenoxy) is 2. The first-order valence-corrected chi connectivity index (χ1v) is 9.81. The molecule has 0 saturated heterocycles. The minimum absolute atomic E-state index is 0.162. The molecular formula is C21H26FN3O7. The van der Waals surface area contributed by atoms with Gasteiger partial charge >= 0.3 is 17.8 Å². The number of alkyl carbamates (subject to hydrolysis) is 1. The second-order valence-electron chi connectivity index (χ2n) is 7.98. The Labute approximate surface area is 183 Å². The van der Waals surface area contributed by atoms with Crippen molar-refractivity contribution in [1.82, 2.24) is 14.5 Å². The zero-order valence-electron chi connectivity index (χ0n) is 18.0. The highest BCUT2D eigenvalue weighted by Crippen LogP contribution is 2.07. The first kappa shape index (κ1) is 24.8. The van der Waals surface area contributed by atoms with Crippen LogP contribution in [0.1, 0.15) is 32.8 Å². The number of carbonyl (C=O) groups is 2. The Hall–Kier alpha value is -3.47. The lowest BCUT2D eigenvalue weighted by molar-refractivity contribution is -0.139. The van der Waals surface area contributed by atoms with Crippen molar-refractivity contribution in [2.45, 2.75) is 58.7 Å². The molecular weight excluding hydrogens is 425 g/mol. The Bertz CT molecular complexity index is 1060. The Kier molecular flexibility index (Phi) is 8.30. The molecule has 1 atom stereocenters. The highest BCUT2D eigenvalue weighted by atomic mass is 19.1. The van der Waals surface area contributed by atoms with Crippen LogP contribution in [0.4, 0.5) is 9.18 Å². The molecule has 174 valence electrons. The maximum Gasteiger partial charge on any atom is 0.408 e. The van der Waals surface area contributed by atoms with Crippen molar-refractivity contribution in [2.75, 3.05) is 0 Å². The summed E-state index contributed by atoms with van der Waals surface area (Å²) in [5, 5.41) is 11.5. The first-order chi connectivity index (χ1) is 15.0. The fourth-order valence-electron chi connectivity index (χ4n) is 2.71. The average Bonchev–Trinajstić information content (AvgIpc) is 2.70. The van der Waals surface area contributed by atoms with Gasteiger partial charge in [-0.05, 0) is 32.8 Å². The van der Waals surface area contributed by atoms with Crippen LogP contribution in [0.15, 0.2) is 46.1 Å². The molecule has 0 aliphatic heterocycles. The molecule has 1 aromatic heterocycles. The Morgan fingerprint density at radius 2 is 1.84 bits per heavy atom. The second kappa shape index (κ2) is 10.7. The van der Waals surface area contributed by atoms with Crippen LogP contribution in [0.5, 0.6) is 0 Å². The van der Waals surface area contributed by atoms with Gasteiger partial charge in [-0.15, -0.1) is 0 Å². The molecule has 1 heterocycles. The number of amides is 1. The van der Waals surface area contributed by atoms with Gasteiger partial charge in [0, 0.05) is 6.54 Å². The van der Waals surface area contributed by atoms with E-state index in [4.69, 9.17) is 9.47 Å². The maximum absolute atomic E-state index is 14.1. The Morgan fingerprint density at radius 3 is 2.44 bits per heavy atom. The molecule has 32 heavy (non-hydrogen) atoms. The van der Waals surface area contributed by atoms with Gasteiger partial charge < -0.3 is 19.9 Å². The van der Waals surface area contributed by atoms with Crippen molar-refractivity contribution < 1.29 is 28.6 Å². The molecule has 0 aliphatic carbocycles. The van der Waals surface area contributed by atoms with Crippen LogP contribution in [0.25, 0.3) is 0 Å². The van der Waals surface area contributed by atoms with Gasteiger partial charge in [0.1, 0.15) is 18.4 Å². The molecule has 0 bridgehead atoms. The summed E-state index contributed by atoms with van der Waals surface area (Å²) in [4.78, 5) is 48.0. The topological polar surface area (TPSA) is 129 Å². The number of hydrogen-bond donors (Lipinski definition) is 2. The zero-order valence-corrected chi connectivity index (χ0v) is 18.0. The summed E-state index contributed by atoms with van der Waals surface area (Å²) < 4.78 is 26.0. The lowest BCUT2D eigenvalue weighted by Crippen LogP contribution is -2.46. The average molecular weight is 451 g/mol. The van der Waals surface area contributed by atoms with Crippen LogP contribution in [0.2, 0.25) is 0 Å². The van der Waals surface area contributed by atoms with Crippen LogP contribution in [-0.2, 0) is 34.2 Å². The number of halogens is 1. The predicted octanol–water partition coefficient (Wildman–Crippen LogP) is 1.69. The molecule has 11 heteroatoms. The summed E-state index contributed by atoms with van der Waals surface area (Å²) in [5.41, 5.74) is -2.08. The third-order valence-corrected chi connectivity index (χ3v) is 4.17. The molecule has 1 amide bonds. The molecule has 0 fully saturated rings. The maximum atomic E-state index is 14.1. The van der Waals surface area contributed by atoms with E-state index in [0.29, 0.717) is 4.57 Å². The summed E-state index contributed by atoms with van der Waals surface area (Å²) in [6.45, 7) is 4.23. The molecule has 0 aliphatic rings. The lowest BCUT2D eigenvalue weighted by Gasteiger charge is -2.22. The summed E-state index contributed by atoms with van der Waals surface area (Å²) in [5.74, 6) is -2.59. The second-order valence-corrected chi connectivity index (χ2v) is 7.98. The first-order valence-electron chi connectivity index (χ1n) is 9.81. The number of nitrogens with zero attached hydrogens (tertiary/aromatic N) is 2. The number of nitrogens with one attached hydrogen (secondary N) is 1. The van der Waals surface area contributed by atoms with E-state index >= 15 is 0 Å². The van der Waals surface area contributed by atoms with Crippen LogP contribution in [0.3, 0.4) is 0 Å². The number of carbonyl (C=O) groups excluding carboxylic acids is 1. The highest BCUT2D eigenvalue weighted by molar-refractivity contribution is 5.79. The van der Waals surface area contributed by atoms with Crippen molar-refractivity contribution in [3.63, 3.8) is 0 Å². The number of aromatic nitrogens is 2. The quantitative estimate of drug-likeness (QED) is 0.594. The lowest BCUT2D eigenvalue weighted by atomic mass is 10.2. The van der Waals surface area contributed by atoms with E-state index in [0.717, 1.165) is 16.3 Å².